The van der Waals surface area contributed by atoms with Gasteiger partial charge < -0.3 is 4.74 Å². The summed E-state index contributed by atoms with van der Waals surface area (Å²) in [5.74, 6) is 0.929. The lowest BCUT2D eigenvalue weighted by atomic mass is 9.86. The minimum atomic E-state index is -0.295. The first-order valence-corrected chi connectivity index (χ1v) is 8.26. The van der Waals surface area contributed by atoms with Crippen molar-refractivity contribution < 1.29 is 9.53 Å². The molecule has 1 aromatic rings. The normalized spacial score (nSPS) is 18.0. The summed E-state index contributed by atoms with van der Waals surface area (Å²) in [5.41, 5.74) is 3.60. The summed E-state index contributed by atoms with van der Waals surface area (Å²) in [6.07, 6.45) is 5.45. The average Bonchev–Trinajstić information content (AvgIpc) is 2.52. The molecule has 2 rings (SSSR count). The molecule has 1 fully saturated rings. The maximum atomic E-state index is 11.7. The number of halogens is 2. The molecule has 1 saturated carbocycles. The summed E-state index contributed by atoms with van der Waals surface area (Å²) in [6, 6.07) is 4.87. The van der Waals surface area contributed by atoms with Gasteiger partial charge in [-0.3, -0.25) is 4.79 Å². The molecular formula is C16H20Cl2N2O2. The van der Waals surface area contributed by atoms with Crippen molar-refractivity contribution in [1.29, 1.82) is 0 Å². The van der Waals surface area contributed by atoms with Crippen molar-refractivity contribution in [2.45, 2.75) is 39.0 Å². The molecule has 0 spiro atoms. The quantitative estimate of drug-likeness (QED) is 0.804. The van der Waals surface area contributed by atoms with Crippen LogP contribution in [0.5, 0.6) is 5.75 Å². The van der Waals surface area contributed by atoms with Gasteiger partial charge in [0.2, 0.25) is 0 Å². The highest BCUT2D eigenvalue weighted by molar-refractivity contribution is 6.35. The molecule has 0 bridgehead atoms. The molecule has 1 aliphatic rings. The number of hydrogen-bond acceptors (Lipinski definition) is 3. The van der Waals surface area contributed by atoms with Crippen molar-refractivity contribution in [1.82, 2.24) is 5.43 Å². The van der Waals surface area contributed by atoms with Gasteiger partial charge in [0.15, 0.2) is 6.61 Å². The lowest BCUT2D eigenvalue weighted by molar-refractivity contribution is -0.123. The van der Waals surface area contributed by atoms with Crippen LogP contribution in [0.1, 0.15) is 39.0 Å². The molecule has 0 radical (unpaired) electrons. The predicted molar refractivity (Wildman–Crippen MR) is 89.8 cm³/mol. The summed E-state index contributed by atoms with van der Waals surface area (Å²) in [5, 5.41) is 5.09. The minimum Gasteiger partial charge on any atom is -0.482 e. The van der Waals surface area contributed by atoms with Crippen LogP contribution in [0.25, 0.3) is 0 Å². The highest BCUT2D eigenvalue weighted by Crippen LogP contribution is 2.27. The fraction of sp³-hybridized carbons (Fsp3) is 0.500. The van der Waals surface area contributed by atoms with Crippen LogP contribution in [0, 0.1) is 5.92 Å². The second-order valence-corrected chi connectivity index (χ2v) is 6.27. The van der Waals surface area contributed by atoms with Crippen LogP contribution < -0.4 is 10.2 Å². The van der Waals surface area contributed by atoms with Gasteiger partial charge in [-0.2, -0.15) is 5.10 Å². The van der Waals surface area contributed by atoms with E-state index in [1.807, 2.05) is 0 Å². The molecule has 0 unspecified atom stereocenters. The Morgan fingerprint density at radius 1 is 1.36 bits per heavy atom. The number of rotatable bonds is 5. The van der Waals surface area contributed by atoms with Gasteiger partial charge in [-0.15, -0.1) is 0 Å². The Hall–Kier alpha value is -1.26. The zero-order valence-electron chi connectivity index (χ0n) is 12.6. The van der Waals surface area contributed by atoms with Gasteiger partial charge in [0, 0.05) is 10.7 Å². The molecule has 0 atom stereocenters. The maximum absolute atomic E-state index is 11.7. The van der Waals surface area contributed by atoms with E-state index in [0.29, 0.717) is 15.8 Å². The first kappa shape index (κ1) is 17.1. The number of benzene rings is 1. The maximum Gasteiger partial charge on any atom is 0.277 e. The van der Waals surface area contributed by atoms with E-state index >= 15 is 0 Å². The molecule has 0 aromatic heterocycles. The fourth-order valence-corrected chi connectivity index (χ4v) is 2.90. The molecule has 0 saturated heterocycles. The molecule has 4 nitrogen and oxygen atoms in total. The van der Waals surface area contributed by atoms with Gasteiger partial charge in [-0.25, -0.2) is 5.43 Å². The van der Waals surface area contributed by atoms with Crippen molar-refractivity contribution >= 4 is 34.8 Å². The van der Waals surface area contributed by atoms with Crippen LogP contribution in [-0.4, -0.2) is 18.2 Å². The first-order valence-electron chi connectivity index (χ1n) is 7.50. The van der Waals surface area contributed by atoms with E-state index in [1.54, 1.807) is 18.2 Å². The van der Waals surface area contributed by atoms with Crippen LogP contribution in [0.15, 0.2) is 23.3 Å². The van der Waals surface area contributed by atoms with Gasteiger partial charge in [0.25, 0.3) is 5.91 Å². The number of ether oxygens (including phenoxy) is 1. The van der Waals surface area contributed by atoms with E-state index in [0.717, 1.165) is 37.3 Å². The van der Waals surface area contributed by atoms with E-state index in [2.05, 4.69) is 17.5 Å². The zero-order chi connectivity index (χ0) is 15.9. The smallest absolute Gasteiger partial charge is 0.277 e. The average molecular weight is 343 g/mol. The molecule has 1 amide bonds. The molecule has 0 aliphatic heterocycles. The molecule has 6 heteroatoms. The molecule has 1 aromatic carbocycles. The summed E-state index contributed by atoms with van der Waals surface area (Å²) >= 11 is 11.8. The van der Waals surface area contributed by atoms with Crippen LogP contribution in [0.4, 0.5) is 0 Å². The van der Waals surface area contributed by atoms with E-state index in [1.165, 1.54) is 6.42 Å². The summed E-state index contributed by atoms with van der Waals surface area (Å²) < 4.78 is 5.36. The van der Waals surface area contributed by atoms with Crippen LogP contribution in [0.2, 0.25) is 10.0 Å². The largest absolute Gasteiger partial charge is 0.482 e. The van der Waals surface area contributed by atoms with E-state index < -0.39 is 0 Å². The second kappa shape index (κ2) is 8.39. The predicted octanol–water partition coefficient (Wildman–Crippen LogP) is 4.44. The number of carbonyl (C=O) groups is 1. The van der Waals surface area contributed by atoms with Crippen molar-refractivity contribution in [2.75, 3.05) is 6.61 Å². The molecule has 1 N–H and O–H groups in total. The van der Waals surface area contributed by atoms with Gasteiger partial charge in [0.1, 0.15) is 5.75 Å². The standard InChI is InChI=1S/C16H20Cl2N2O2/c1-2-11-3-6-13(7-4-11)19-20-16(21)10-22-15-8-5-12(17)9-14(15)18/h5,8-9,11H,2-4,6-7,10H2,1H3,(H,20,21). The number of amides is 1. The molecule has 22 heavy (non-hydrogen) atoms. The molecule has 1 aliphatic carbocycles. The second-order valence-electron chi connectivity index (χ2n) is 5.43. The number of nitrogens with zero attached hydrogens (tertiary/aromatic N) is 1. The van der Waals surface area contributed by atoms with Crippen LogP contribution in [-0.2, 0) is 4.79 Å². The van der Waals surface area contributed by atoms with Crippen LogP contribution in [0.3, 0.4) is 0 Å². The summed E-state index contributed by atoms with van der Waals surface area (Å²) in [4.78, 5) is 11.7. The van der Waals surface area contributed by atoms with Crippen molar-refractivity contribution in [2.24, 2.45) is 11.0 Å². The first-order chi connectivity index (χ1) is 10.6. The Labute approximate surface area is 140 Å². The van der Waals surface area contributed by atoms with E-state index in [-0.39, 0.29) is 12.5 Å². The topological polar surface area (TPSA) is 50.7 Å². The summed E-state index contributed by atoms with van der Waals surface area (Å²) in [7, 11) is 0. The third-order valence-corrected chi connectivity index (χ3v) is 4.38. The van der Waals surface area contributed by atoms with Crippen molar-refractivity contribution in [3.63, 3.8) is 0 Å². The van der Waals surface area contributed by atoms with Crippen molar-refractivity contribution in [3.8, 4) is 5.75 Å². The van der Waals surface area contributed by atoms with Gasteiger partial charge in [0.05, 0.1) is 5.02 Å². The van der Waals surface area contributed by atoms with E-state index in [9.17, 15) is 4.79 Å². The molecular weight excluding hydrogens is 323 g/mol. The Balaban J connectivity index is 1.76. The van der Waals surface area contributed by atoms with Crippen LogP contribution >= 0.6 is 23.2 Å². The Kier molecular flexibility index (Phi) is 6.52. The number of nitrogens with one attached hydrogen (secondary N) is 1. The van der Waals surface area contributed by atoms with Gasteiger partial charge in [-0.05, 0) is 49.8 Å². The Bertz CT molecular complexity index is 551. The monoisotopic (exact) mass is 342 g/mol. The molecule has 0 heterocycles. The SMILES string of the molecule is CCC1CCC(=NNC(=O)COc2ccc(Cl)cc2Cl)CC1. The number of hydrogen-bond donors (Lipinski definition) is 1. The van der Waals surface area contributed by atoms with Crippen molar-refractivity contribution in [3.05, 3.63) is 28.2 Å². The third-order valence-electron chi connectivity index (χ3n) is 3.85. The molecule has 120 valence electrons. The fourth-order valence-electron chi connectivity index (χ4n) is 2.44. The van der Waals surface area contributed by atoms with E-state index in [4.69, 9.17) is 27.9 Å². The highest BCUT2D eigenvalue weighted by atomic mass is 35.5. The Morgan fingerprint density at radius 3 is 2.73 bits per heavy atom. The Morgan fingerprint density at radius 2 is 2.09 bits per heavy atom. The van der Waals surface area contributed by atoms with Gasteiger partial charge >= 0.3 is 0 Å². The van der Waals surface area contributed by atoms with Gasteiger partial charge in [-0.1, -0.05) is 36.5 Å². The lowest BCUT2D eigenvalue weighted by Crippen LogP contribution is -2.26. The zero-order valence-corrected chi connectivity index (χ0v) is 14.1. The third kappa shape index (κ3) is 5.18. The minimum absolute atomic E-state index is 0.129. The number of carbonyl (C=O) groups excluding carboxylic acids is 1. The number of hydrazone groups is 1. The summed E-state index contributed by atoms with van der Waals surface area (Å²) in [6.45, 7) is 2.09. The lowest BCUT2D eigenvalue weighted by Gasteiger charge is -2.21. The highest BCUT2D eigenvalue weighted by Gasteiger charge is 2.16.